The number of ether oxygens (including phenoxy) is 1. The van der Waals surface area contributed by atoms with Crippen molar-refractivity contribution < 1.29 is 13.2 Å². The molecule has 0 bridgehead atoms. The molecule has 8 heteroatoms. The highest BCUT2D eigenvalue weighted by Gasteiger charge is 2.20. The van der Waals surface area contributed by atoms with Crippen LogP contribution in [0, 0.1) is 5.92 Å². The minimum atomic E-state index is -3.34. The molecule has 0 aliphatic carbocycles. The predicted octanol–water partition coefficient (Wildman–Crippen LogP) is 3.47. The molecule has 0 aliphatic rings. The third-order valence-electron chi connectivity index (χ3n) is 3.87. The van der Waals surface area contributed by atoms with Gasteiger partial charge in [-0.1, -0.05) is 39.0 Å². The third kappa shape index (κ3) is 11.2. The maximum atomic E-state index is 12.6. The number of sulfone groups is 1. The summed E-state index contributed by atoms with van der Waals surface area (Å²) in [5.74, 6) is 1.22. The molecule has 6 nitrogen and oxygen atoms in total. The summed E-state index contributed by atoms with van der Waals surface area (Å²) in [6, 6.07) is 8.37. The highest BCUT2D eigenvalue weighted by atomic mass is 127. The van der Waals surface area contributed by atoms with E-state index in [1.54, 1.807) is 24.3 Å². The summed E-state index contributed by atoms with van der Waals surface area (Å²) in [7, 11) is -3.34. The number of hydrogen-bond donors (Lipinski definition) is 2. The van der Waals surface area contributed by atoms with Crippen molar-refractivity contribution >= 4 is 39.8 Å². The number of nitrogens with one attached hydrogen (secondary N) is 2. The standard InChI is InChI=1S/C20H35N3O3S.HI/c1-5-18(16-27(24,25)19-11-8-7-9-12-19)23-20(21-6-2)22-13-10-14-26-15-17(3)4;/h7-9,11-12,17-18H,5-6,10,13-16H2,1-4H3,(H2,21,22,23);1H. The predicted molar refractivity (Wildman–Crippen MR) is 127 cm³/mol. The second-order valence-corrected chi connectivity index (χ2v) is 8.96. The van der Waals surface area contributed by atoms with Gasteiger partial charge in [-0.05, 0) is 37.8 Å². The molecular weight excluding hydrogens is 489 g/mol. The smallest absolute Gasteiger partial charge is 0.191 e. The van der Waals surface area contributed by atoms with Crippen LogP contribution in [0.4, 0.5) is 0 Å². The monoisotopic (exact) mass is 525 g/mol. The van der Waals surface area contributed by atoms with Crippen LogP contribution in [-0.4, -0.2) is 52.5 Å². The Labute approximate surface area is 187 Å². The molecule has 0 radical (unpaired) electrons. The number of guanidine groups is 1. The topological polar surface area (TPSA) is 79.8 Å². The van der Waals surface area contributed by atoms with Gasteiger partial charge in [0.05, 0.1) is 10.6 Å². The first-order valence-electron chi connectivity index (χ1n) is 9.79. The summed E-state index contributed by atoms with van der Waals surface area (Å²) >= 11 is 0. The average molecular weight is 525 g/mol. The van der Waals surface area contributed by atoms with Crippen LogP contribution >= 0.6 is 24.0 Å². The fraction of sp³-hybridized carbons (Fsp3) is 0.650. The molecule has 0 aliphatic heterocycles. The zero-order chi connectivity index (χ0) is 20.1. The maximum Gasteiger partial charge on any atom is 0.191 e. The number of halogens is 1. The molecule has 0 heterocycles. The Morgan fingerprint density at radius 1 is 1.18 bits per heavy atom. The molecule has 2 N–H and O–H groups in total. The van der Waals surface area contributed by atoms with Crippen molar-refractivity contribution in [3.63, 3.8) is 0 Å². The number of rotatable bonds is 12. The fourth-order valence-electron chi connectivity index (χ4n) is 2.44. The average Bonchev–Trinajstić information content (AvgIpc) is 2.64. The highest BCUT2D eigenvalue weighted by molar-refractivity contribution is 14.0. The van der Waals surface area contributed by atoms with Crippen molar-refractivity contribution in [1.82, 2.24) is 10.6 Å². The van der Waals surface area contributed by atoms with Gasteiger partial charge in [0.2, 0.25) is 0 Å². The summed E-state index contributed by atoms with van der Waals surface area (Å²) in [5.41, 5.74) is 0. The summed E-state index contributed by atoms with van der Waals surface area (Å²) < 4.78 is 30.8. The van der Waals surface area contributed by atoms with Crippen molar-refractivity contribution in [1.29, 1.82) is 0 Å². The van der Waals surface area contributed by atoms with Crippen LogP contribution in [0.2, 0.25) is 0 Å². The molecule has 0 saturated heterocycles. The van der Waals surface area contributed by atoms with Gasteiger partial charge in [0.25, 0.3) is 0 Å². The maximum absolute atomic E-state index is 12.6. The lowest BCUT2D eigenvalue weighted by Gasteiger charge is -2.20. The SMILES string of the molecule is CCNC(=NCCCOCC(C)C)NC(CC)CS(=O)(=O)c1ccccc1.I. The summed E-state index contributed by atoms with van der Waals surface area (Å²) in [5, 5.41) is 6.44. The van der Waals surface area contributed by atoms with E-state index < -0.39 is 9.84 Å². The lowest BCUT2D eigenvalue weighted by molar-refractivity contribution is 0.109. The second-order valence-electron chi connectivity index (χ2n) is 6.93. The number of nitrogens with zero attached hydrogens (tertiary/aromatic N) is 1. The Morgan fingerprint density at radius 2 is 1.86 bits per heavy atom. The van der Waals surface area contributed by atoms with Gasteiger partial charge in [0, 0.05) is 32.3 Å². The van der Waals surface area contributed by atoms with Crippen LogP contribution in [0.25, 0.3) is 0 Å². The van der Waals surface area contributed by atoms with Crippen LogP contribution in [0.15, 0.2) is 40.2 Å². The molecule has 0 spiro atoms. The molecular formula is C20H36IN3O3S. The Bertz CT molecular complexity index is 652. The van der Waals surface area contributed by atoms with Crippen LogP contribution in [0.1, 0.15) is 40.5 Å². The lowest BCUT2D eigenvalue weighted by Crippen LogP contribution is -2.46. The zero-order valence-electron chi connectivity index (χ0n) is 17.5. The molecule has 1 atom stereocenters. The van der Waals surface area contributed by atoms with E-state index in [2.05, 4.69) is 29.5 Å². The summed E-state index contributed by atoms with van der Waals surface area (Å²) in [6.45, 7) is 11.0. The van der Waals surface area contributed by atoms with Crippen molar-refractivity contribution in [2.75, 3.05) is 32.1 Å². The molecule has 28 heavy (non-hydrogen) atoms. The quantitative estimate of drug-likeness (QED) is 0.189. The minimum Gasteiger partial charge on any atom is -0.381 e. The first-order valence-corrected chi connectivity index (χ1v) is 11.4. The van der Waals surface area contributed by atoms with E-state index in [9.17, 15) is 8.42 Å². The summed E-state index contributed by atoms with van der Waals surface area (Å²) in [6.07, 6.45) is 1.52. The summed E-state index contributed by atoms with van der Waals surface area (Å²) in [4.78, 5) is 4.90. The second kappa shape index (κ2) is 15.0. The van der Waals surface area contributed by atoms with E-state index in [4.69, 9.17) is 4.74 Å². The van der Waals surface area contributed by atoms with Gasteiger partial charge >= 0.3 is 0 Å². The van der Waals surface area contributed by atoms with Gasteiger partial charge in [-0.15, -0.1) is 24.0 Å². The van der Waals surface area contributed by atoms with Crippen LogP contribution < -0.4 is 10.6 Å². The lowest BCUT2D eigenvalue weighted by atomic mass is 10.2. The van der Waals surface area contributed by atoms with Gasteiger partial charge in [0.1, 0.15) is 0 Å². The van der Waals surface area contributed by atoms with E-state index in [1.165, 1.54) is 0 Å². The number of hydrogen-bond acceptors (Lipinski definition) is 4. The molecule has 1 rings (SSSR count). The van der Waals surface area contributed by atoms with Gasteiger partial charge in [-0.25, -0.2) is 8.42 Å². The third-order valence-corrected chi connectivity index (χ3v) is 5.70. The van der Waals surface area contributed by atoms with Gasteiger partial charge < -0.3 is 15.4 Å². The normalized spacial score (nSPS) is 13.1. The Kier molecular flexibility index (Phi) is 14.6. The van der Waals surface area contributed by atoms with E-state index in [-0.39, 0.29) is 35.8 Å². The first-order chi connectivity index (χ1) is 12.9. The van der Waals surface area contributed by atoms with Gasteiger partial charge in [-0.3, -0.25) is 4.99 Å². The Balaban J connectivity index is 0.00000729. The number of aliphatic imine (C=N–C) groups is 1. The first kappa shape index (κ1) is 27.1. The largest absolute Gasteiger partial charge is 0.381 e. The van der Waals surface area contributed by atoms with Gasteiger partial charge in [0.15, 0.2) is 15.8 Å². The molecule has 162 valence electrons. The molecule has 0 saturated carbocycles. The molecule has 0 fully saturated rings. The van der Waals surface area contributed by atoms with E-state index in [0.29, 0.717) is 36.3 Å². The Hall–Kier alpha value is -0.870. The van der Waals surface area contributed by atoms with Crippen molar-refractivity contribution in [3.8, 4) is 0 Å². The van der Waals surface area contributed by atoms with Crippen molar-refractivity contribution in [2.45, 2.75) is 51.5 Å². The molecule has 0 aromatic heterocycles. The highest BCUT2D eigenvalue weighted by Crippen LogP contribution is 2.12. The van der Waals surface area contributed by atoms with E-state index >= 15 is 0 Å². The van der Waals surface area contributed by atoms with Crippen LogP contribution in [0.5, 0.6) is 0 Å². The van der Waals surface area contributed by atoms with E-state index in [1.807, 2.05) is 19.9 Å². The number of benzene rings is 1. The zero-order valence-corrected chi connectivity index (χ0v) is 20.6. The molecule has 1 aromatic rings. The Morgan fingerprint density at radius 3 is 2.43 bits per heavy atom. The van der Waals surface area contributed by atoms with Crippen molar-refractivity contribution in [3.05, 3.63) is 30.3 Å². The molecule has 1 aromatic carbocycles. The molecule has 1 unspecified atom stereocenters. The van der Waals surface area contributed by atoms with Crippen LogP contribution in [0.3, 0.4) is 0 Å². The van der Waals surface area contributed by atoms with E-state index in [0.717, 1.165) is 19.6 Å². The minimum absolute atomic E-state index is 0. The van der Waals surface area contributed by atoms with Crippen molar-refractivity contribution in [2.24, 2.45) is 10.9 Å². The molecule has 0 amide bonds. The van der Waals surface area contributed by atoms with Gasteiger partial charge in [-0.2, -0.15) is 0 Å². The van der Waals surface area contributed by atoms with Crippen LogP contribution in [-0.2, 0) is 14.6 Å². The fourth-order valence-corrected chi connectivity index (χ4v) is 4.05.